The largest absolute Gasteiger partial charge is 0.465 e. The Hall–Kier alpha value is -4.69. The number of carbonyl (C=O) groups is 4. The number of likely N-dealkylation sites (tertiary alicyclic amines) is 1. The number of halogens is 2. The Morgan fingerprint density at radius 3 is 2.56 bits per heavy atom. The number of hydrogen-bond donors (Lipinski definition) is 6. The maximum absolute atomic E-state index is 14.9. The second-order valence-electron chi connectivity index (χ2n) is 11.6. The minimum atomic E-state index is -3.17. The number of hydrogen-bond acceptors (Lipinski definition) is 7. The second kappa shape index (κ2) is 11.0. The van der Waals surface area contributed by atoms with Crippen molar-refractivity contribution in [2.75, 3.05) is 13.1 Å². The molecule has 11 nitrogen and oxygen atoms in total. The number of amidine groups is 1. The fraction of sp³-hybridized carbons (Fsp3) is 0.323. The van der Waals surface area contributed by atoms with Crippen molar-refractivity contribution in [3.63, 3.8) is 0 Å². The standard InChI is InChI=1S/C31H30F2N6O5S/c1-15(23-9-17(13-45-23)26(35)38-29(43)44)37-28(42)22-10-30(14-34)11-24(30)39(22)25(40)12-36-27(41)16-6-7-21-19(8-16)18-4-2-3-5-20(18)31(21,32)33/h2-9,13,15,22,24H,10-12,14,34H2,1H3,(H2,35,38)(H,36,41)(H,37,42)(H,43,44)/t15?,22-,24-,30+/m0/s1. The molecule has 1 saturated heterocycles. The first-order chi connectivity index (χ1) is 21.4. The molecule has 4 amide bonds. The summed E-state index contributed by atoms with van der Waals surface area (Å²) in [5.74, 6) is -4.92. The first kappa shape index (κ1) is 30.3. The molecule has 4 atom stereocenters. The minimum absolute atomic E-state index is 0.123. The zero-order chi connectivity index (χ0) is 32.3. The second-order valence-corrected chi connectivity index (χ2v) is 12.6. The monoisotopic (exact) mass is 636 g/mol. The lowest BCUT2D eigenvalue weighted by Crippen LogP contribution is -2.51. The molecule has 1 aliphatic heterocycles. The number of carboxylic acid groups (broad SMARTS) is 1. The summed E-state index contributed by atoms with van der Waals surface area (Å²) in [6.45, 7) is 1.64. The van der Waals surface area contributed by atoms with E-state index in [2.05, 4.69) is 10.6 Å². The van der Waals surface area contributed by atoms with Crippen molar-refractivity contribution in [3.05, 3.63) is 81.0 Å². The van der Waals surface area contributed by atoms with Crippen LogP contribution >= 0.6 is 11.3 Å². The first-order valence-electron chi connectivity index (χ1n) is 14.3. The van der Waals surface area contributed by atoms with E-state index in [4.69, 9.17) is 16.2 Å². The Balaban J connectivity index is 1.12. The lowest BCUT2D eigenvalue weighted by atomic mass is 9.99. The number of amides is 4. The van der Waals surface area contributed by atoms with Gasteiger partial charge in [-0.05, 0) is 49.1 Å². The highest BCUT2D eigenvalue weighted by Crippen LogP contribution is 2.59. The quantitative estimate of drug-likeness (QED) is 0.163. The van der Waals surface area contributed by atoms with Crippen LogP contribution in [0.15, 0.2) is 53.9 Å². The molecule has 3 aromatic rings. The molecule has 0 spiro atoms. The van der Waals surface area contributed by atoms with Crippen molar-refractivity contribution in [1.82, 2.24) is 20.9 Å². The van der Waals surface area contributed by atoms with E-state index in [0.29, 0.717) is 35.4 Å². The van der Waals surface area contributed by atoms with Gasteiger partial charge in [0.15, 0.2) is 0 Å². The van der Waals surface area contributed by atoms with Gasteiger partial charge >= 0.3 is 6.09 Å². The molecular formula is C31H30F2N6O5S. The predicted molar refractivity (Wildman–Crippen MR) is 161 cm³/mol. The molecule has 45 heavy (non-hydrogen) atoms. The SMILES string of the molecule is CC(NC(=O)[C@@H]1C[C@]2(CN)C[C@@H]2N1C(=O)CNC(=O)c1ccc2c(c1)-c1ccccc1C2(F)F)c1cc(C(=N)NC(=O)O)cs1. The molecule has 234 valence electrons. The van der Waals surface area contributed by atoms with Crippen LogP contribution in [0.1, 0.15) is 57.7 Å². The maximum Gasteiger partial charge on any atom is 0.410 e. The summed E-state index contributed by atoms with van der Waals surface area (Å²) in [6, 6.07) is 10.1. The van der Waals surface area contributed by atoms with Crippen molar-refractivity contribution in [3.8, 4) is 11.1 Å². The normalized spacial score (nSPS) is 22.4. The number of rotatable bonds is 8. The molecule has 7 N–H and O–H groups in total. The molecule has 2 aromatic carbocycles. The highest BCUT2D eigenvalue weighted by molar-refractivity contribution is 7.10. The van der Waals surface area contributed by atoms with E-state index >= 15 is 0 Å². The summed E-state index contributed by atoms with van der Waals surface area (Å²) in [4.78, 5) is 53.0. The summed E-state index contributed by atoms with van der Waals surface area (Å²) in [5.41, 5.74) is 6.45. The Labute approximate surface area is 260 Å². The van der Waals surface area contributed by atoms with Crippen molar-refractivity contribution >= 4 is 41.0 Å². The van der Waals surface area contributed by atoms with E-state index in [9.17, 15) is 28.0 Å². The molecule has 2 heterocycles. The number of nitrogens with one attached hydrogen (secondary N) is 4. The molecule has 1 aromatic heterocycles. The highest BCUT2D eigenvalue weighted by atomic mass is 32.1. The van der Waals surface area contributed by atoms with Gasteiger partial charge in [-0.25, -0.2) is 4.79 Å². The van der Waals surface area contributed by atoms with Crippen molar-refractivity contribution in [2.24, 2.45) is 11.1 Å². The van der Waals surface area contributed by atoms with Gasteiger partial charge in [0.25, 0.3) is 11.8 Å². The van der Waals surface area contributed by atoms with E-state index in [-0.39, 0.29) is 39.5 Å². The third-order valence-corrected chi connectivity index (χ3v) is 10.0. The number of nitrogens with two attached hydrogens (primary N) is 1. The van der Waals surface area contributed by atoms with Gasteiger partial charge in [-0.15, -0.1) is 11.3 Å². The van der Waals surface area contributed by atoms with Crippen LogP contribution in [0.2, 0.25) is 0 Å². The third kappa shape index (κ3) is 5.23. The average molecular weight is 637 g/mol. The molecule has 3 aliphatic rings. The summed E-state index contributed by atoms with van der Waals surface area (Å²) in [6.07, 6.45) is -0.340. The zero-order valence-electron chi connectivity index (χ0n) is 24.0. The lowest BCUT2D eigenvalue weighted by Gasteiger charge is -2.28. The van der Waals surface area contributed by atoms with E-state index in [0.717, 1.165) is 0 Å². The third-order valence-electron chi connectivity index (χ3n) is 8.92. The van der Waals surface area contributed by atoms with Crippen LogP contribution in [0.5, 0.6) is 0 Å². The van der Waals surface area contributed by atoms with Crippen LogP contribution in [-0.4, -0.2) is 64.8 Å². The molecule has 2 fully saturated rings. The van der Waals surface area contributed by atoms with Gasteiger partial charge in [0.2, 0.25) is 11.8 Å². The van der Waals surface area contributed by atoms with Gasteiger partial charge in [-0.1, -0.05) is 30.3 Å². The van der Waals surface area contributed by atoms with Gasteiger partial charge in [0, 0.05) is 50.5 Å². The maximum atomic E-state index is 14.9. The summed E-state index contributed by atoms with van der Waals surface area (Å²) < 4.78 is 29.8. The summed E-state index contributed by atoms with van der Waals surface area (Å²) in [7, 11) is 0. The van der Waals surface area contributed by atoms with Crippen molar-refractivity contribution < 1.29 is 33.1 Å². The van der Waals surface area contributed by atoms with Gasteiger partial charge in [-0.3, -0.25) is 25.1 Å². The van der Waals surface area contributed by atoms with Gasteiger partial charge < -0.3 is 26.4 Å². The van der Waals surface area contributed by atoms with Gasteiger partial charge in [0.05, 0.1) is 12.6 Å². The number of thiophene rings is 1. The van der Waals surface area contributed by atoms with Crippen LogP contribution in [0, 0.1) is 10.8 Å². The number of alkyl halides is 2. The predicted octanol–water partition coefficient (Wildman–Crippen LogP) is 3.39. The summed E-state index contributed by atoms with van der Waals surface area (Å²) in [5, 5.41) is 25.8. The van der Waals surface area contributed by atoms with E-state index in [1.165, 1.54) is 46.6 Å². The fourth-order valence-corrected chi connectivity index (χ4v) is 7.35. The Kier molecular flexibility index (Phi) is 7.44. The number of carbonyl (C=O) groups excluding carboxylic acids is 3. The van der Waals surface area contributed by atoms with E-state index in [1.54, 1.807) is 30.5 Å². The van der Waals surface area contributed by atoms with Crippen LogP contribution in [0.3, 0.4) is 0 Å². The van der Waals surface area contributed by atoms with Gasteiger partial charge in [0.1, 0.15) is 11.9 Å². The number of piperidine rings is 1. The van der Waals surface area contributed by atoms with E-state index < -0.39 is 48.4 Å². The molecule has 1 unspecified atom stereocenters. The smallest absolute Gasteiger partial charge is 0.410 e. The van der Waals surface area contributed by atoms with Crippen LogP contribution < -0.4 is 21.7 Å². The number of fused-ring (bicyclic) bond motifs is 4. The Bertz CT molecular complexity index is 1760. The molecular weight excluding hydrogens is 606 g/mol. The fourth-order valence-electron chi connectivity index (χ4n) is 6.45. The number of benzene rings is 2. The topological polar surface area (TPSA) is 178 Å². The average Bonchev–Trinajstić information content (AvgIpc) is 3.30. The number of nitrogens with zero attached hydrogens (tertiary/aromatic N) is 1. The van der Waals surface area contributed by atoms with Crippen LogP contribution in [0.4, 0.5) is 13.6 Å². The molecule has 0 radical (unpaired) electrons. The van der Waals surface area contributed by atoms with E-state index in [1.807, 2.05) is 5.32 Å². The summed E-state index contributed by atoms with van der Waals surface area (Å²) >= 11 is 1.25. The molecule has 0 bridgehead atoms. The van der Waals surface area contributed by atoms with Crippen molar-refractivity contribution in [2.45, 2.75) is 43.8 Å². The van der Waals surface area contributed by atoms with Crippen molar-refractivity contribution in [1.29, 1.82) is 5.41 Å². The Morgan fingerprint density at radius 1 is 1.09 bits per heavy atom. The highest BCUT2D eigenvalue weighted by Gasteiger charge is 2.66. The van der Waals surface area contributed by atoms with Crippen LogP contribution in [-0.2, 0) is 15.5 Å². The first-order valence-corrected chi connectivity index (χ1v) is 15.1. The Morgan fingerprint density at radius 2 is 1.82 bits per heavy atom. The molecule has 1 saturated carbocycles. The van der Waals surface area contributed by atoms with Crippen LogP contribution in [0.25, 0.3) is 11.1 Å². The minimum Gasteiger partial charge on any atom is -0.465 e. The zero-order valence-corrected chi connectivity index (χ0v) is 24.8. The lowest BCUT2D eigenvalue weighted by molar-refractivity contribution is -0.139. The van der Waals surface area contributed by atoms with Gasteiger partial charge in [-0.2, -0.15) is 8.78 Å². The molecule has 14 heteroatoms. The molecule has 2 aliphatic carbocycles. The molecule has 6 rings (SSSR count).